The Morgan fingerprint density at radius 3 is 2.50 bits per heavy atom. The molecule has 1 aliphatic carbocycles. The highest BCUT2D eigenvalue weighted by Crippen LogP contribution is 2.27. The van der Waals surface area contributed by atoms with Crippen molar-refractivity contribution < 1.29 is 14.3 Å². The number of methoxy groups -OCH3 is 1. The highest BCUT2D eigenvalue weighted by molar-refractivity contribution is 5.75. The van der Waals surface area contributed by atoms with Gasteiger partial charge in [0.05, 0.1) is 7.11 Å². The van der Waals surface area contributed by atoms with Crippen LogP contribution in [0, 0.1) is 5.92 Å². The lowest BCUT2D eigenvalue weighted by Gasteiger charge is -2.20. The number of unbranched alkanes of at least 4 members (excludes halogenated alkanes) is 2. The quantitative estimate of drug-likeness (QED) is 0.522. The first kappa shape index (κ1) is 17.0. The van der Waals surface area contributed by atoms with Crippen molar-refractivity contribution in [3.05, 3.63) is 0 Å². The van der Waals surface area contributed by atoms with Crippen LogP contribution in [0.1, 0.15) is 70.6 Å². The summed E-state index contributed by atoms with van der Waals surface area (Å²) in [6.45, 7) is 0.727. The highest BCUT2D eigenvalue weighted by Gasteiger charge is 2.14. The molecule has 0 atom stereocenters. The summed E-state index contributed by atoms with van der Waals surface area (Å²) in [5.74, 6) is 0.805. The van der Waals surface area contributed by atoms with E-state index in [4.69, 9.17) is 0 Å². The van der Waals surface area contributed by atoms with Gasteiger partial charge >= 0.3 is 5.97 Å². The second-order valence-electron chi connectivity index (χ2n) is 5.78. The van der Waals surface area contributed by atoms with Gasteiger partial charge in [0.1, 0.15) is 0 Å². The third kappa shape index (κ3) is 8.18. The maximum Gasteiger partial charge on any atom is 0.305 e. The van der Waals surface area contributed by atoms with E-state index in [9.17, 15) is 9.59 Å². The van der Waals surface area contributed by atoms with Gasteiger partial charge in [0.15, 0.2) is 0 Å². The first-order valence-corrected chi connectivity index (χ1v) is 8.06. The fourth-order valence-electron chi connectivity index (χ4n) is 2.80. The molecular formula is C16H29NO3. The summed E-state index contributed by atoms with van der Waals surface area (Å²) in [5, 5.41) is 2.97. The molecule has 1 N–H and O–H groups in total. The minimum absolute atomic E-state index is 0.151. The smallest absolute Gasteiger partial charge is 0.305 e. The molecule has 0 aromatic heterocycles. The lowest BCUT2D eigenvalue weighted by Crippen LogP contribution is -2.25. The Morgan fingerprint density at radius 1 is 1.05 bits per heavy atom. The van der Waals surface area contributed by atoms with Crippen molar-refractivity contribution in [3.63, 3.8) is 0 Å². The summed E-state index contributed by atoms with van der Waals surface area (Å²) in [5.41, 5.74) is 0. The highest BCUT2D eigenvalue weighted by atomic mass is 16.5. The molecule has 4 nitrogen and oxygen atoms in total. The van der Waals surface area contributed by atoms with Crippen LogP contribution < -0.4 is 5.32 Å². The second-order valence-corrected chi connectivity index (χ2v) is 5.78. The van der Waals surface area contributed by atoms with Crippen LogP contribution >= 0.6 is 0 Å². The molecule has 1 fully saturated rings. The van der Waals surface area contributed by atoms with Crippen molar-refractivity contribution in [3.8, 4) is 0 Å². The average molecular weight is 283 g/mol. The maximum absolute atomic E-state index is 11.7. The van der Waals surface area contributed by atoms with Gasteiger partial charge in [-0.2, -0.15) is 0 Å². The lowest BCUT2D eigenvalue weighted by molar-refractivity contribution is -0.140. The molecule has 0 unspecified atom stereocenters. The summed E-state index contributed by atoms with van der Waals surface area (Å²) in [6, 6.07) is 0. The fraction of sp³-hybridized carbons (Fsp3) is 0.875. The summed E-state index contributed by atoms with van der Waals surface area (Å²) in [6.07, 6.45) is 11.6. The summed E-state index contributed by atoms with van der Waals surface area (Å²) >= 11 is 0. The largest absolute Gasteiger partial charge is 0.469 e. The molecule has 4 heteroatoms. The molecule has 0 spiro atoms. The average Bonchev–Trinajstić information content (AvgIpc) is 2.49. The lowest BCUT2D eigenvalue weighted by atomic mass is 9.86. The number of hydrogen-bond acceptors (Lipinski definition) is 3. The van der Waals surface area contributed by atoms with Crippen LogP contribution in [0.25, 0.3) is 0 Å². The zero-order chi connectivity index (χ0) is 14.6. The summed E-state index contributed by atoms with van der Waals surface area (Å²) in [7, 11) is 1.41. The van der Waals surface area contributed by atoms with E-state index in [0.717, 1.165) is 38.1 Å². The maximum atomic E-state index is 11.7. The fourth-order valence-corrected chi connectivity index (χ4v) is 2.80. The molecule has 1 saturated carbocycles. The van der Waals surface area contributed by atoms with E-state index < -0.39 is 0 Å². The van der Waals surface area contributed by atoms with E-state index in [1.54, 1.807) is 0 Å². The zero-order valence-corrected chi connectivity index (χ0v) is 12.8. The molecule has 1 amide bonds. The third-order valence-electron chi connectivity index (χ3n) is 4.11. The van der Waals surface area contributed by atoms with Crippen molar-refractivity contribution in [2.75, 3.05) is 13.7 Å². The minimum Gasteiger partial charge on any atom is -0.469 e. The summed E-state index contributed by atoms with van der Waals surface area (Å²) in [4.78, 5) is 22.6. The number of esters is 1. The van der Waals surface area contributed by atoms with Gasteiger partial charge in [-0.25, -0.2) is 0 Å². The molecule has 0 bridgehead atoms. The number of ether oxygens (including phenoxy) is 1. The van der Waals surface area contributed by atoms with Crippen LogP contribution in [0.15, 0.2) is 0 Å². The van der Waals surface area contributed by atoms with Gasteiger partial charge in [-0.05, 0) is 25.2 Å². The predicted molar refractivity (Wildman–Crippen MR) is 79.3 cm³/mol. The van der Waals surface area contributed by atoms with Crippen LogP contribution in [0.4, 0.5) is 0 Å². The summed E-state index contributed by atoms with van der Waals surface area (Å²) < 4.78 is 4.58. The van der Waals surface area contributed by atoms with Crippen molar-refractivity contribution in [2.45, 2.75) is 70.6 Å². The van der Waals surface area contributed by atoms with Gasteiger partial charge in [-0.3, -0.25) is 9.59 Å². The molecule has 0 aromatic rings. The Morgan fingerprint density at radius 2 is 1.80 bits per heavy atom. The first-order chi connectivity index (χ1) is 9.72. The van der Waals surface area contributed by atoms with Crippen LogP contribution in [-0.4, -0.2) is 25.5 Å². The van der Waals surface area contributed by atoms with Gasteiger partial charge in [0.2, 0.25) is 5.91 Å². The van der Waals surface area contributed by atoms with Gasteiger partial charge in [0.25, 0.3) is 0 Å². The van der Waals surface area contributed by atoms with Crippen molar-refractivity contribution >= 4 is 11.9 Å². The molecule has 0 aliphatic heterocycles. The molecule has 1 rings (SSSR count). The van der Waals surface area contributed by atoms with E-state index in [2.05, 4.69) is 10.1 Å². The topological polar surface area (TPSA) is 55.4 Å². The number of hydrogen-bond donors (Lipinski definition) is 1. The van der Waals surface area contributed by atoms with Crippen LogP contribution in [-0.2, 0) is 14.3 Å². The third-order valence-corrected chi connectivity index (χ3v) is 4.11. The van der Waals surface area contributed by atoms with E-state index >= 15 is 0 Å². The Hall–Kier alpha value is -1.06. The van der Waals surface area contributed by atoms with Crippen molar-refractivity contribution in [1.29, 1.82) is 0 Å². The van der Waals surface area contributed by atoms with Gasteiger partial charge in [-0.1, -0.05) is 38.5 Å². The number of carbonyl (C=O) groups is 2. The molecule has 0 aromatic carbocycles. The van der Waals surface area contributed by atoms with E-state index in [1.165, 1.54) is 39.2 Å². The van der Waals surface area contributed by atoms with E-state index in [1.807, 2.05) is 0 Å². The molecule has 1 aliphatic rings. The van der Waals surface area contributed by atoms with Gasteiger partial charge in [0, 0.05) is 19.4 Å². The van der Waals surface area contributed by atoms with E-state index in [0.29, 0.717) is 12.8 Å². The van der Waals surface area contributed by atoms with Crippen molar-refractivity contribution in [1.82, 2.24) is 5.32 Å². The Balaban J connectivity index is 1.90. The molecule has 0 radical (unpaired) electrons. The molecule has 0 saturated heterocycles. The first-order valence-electron chi connectivity index (χ1n) is 8.06. The SMILES string of the molecule is COC(=O)CCCCCNC(=O)CCC1CCCCC1. The van der Waals surface area contributed by atoms with Crippen LogP contribution in [0.2, 0.25) is 0 Å². The monoisotopic (exact) mass is 283 g/mol. The van der Waals surface area contributed by atoms with Crippen LogP contribution in [0.5, 0.6) is 0 Å². The van der Waals surface area contributed by atoms with Crippen LogP contribution in [0.3, 0.4) is 0 Å². The number of amides is 1. The second kappa shape index (κ2) is 10.7. The number of carbonyl (C=O) groups excluding carboxylic acids is 2. The molecule has 20 heavy (non-hydrogen) atoms. The Labute approximate surface area is 122 Å². The normalized spacial score (nSPS) is 15.8. The van der Waals surface area contributed by atoms with E-state index in [-0.39, 0.29) is 11.9 Å². The zero-order valence-electron chi connectivity index (χ0n) is 12.8. The molecule has 0 heterocycles. The Kier molecular flexibility index (Phi) is 9.09. The number of nitrogens with one attached hydrogen (secondary N) is 1. The minimum atomic E-state index is -0.151. The predicted octanol–water partition coefficient (Wildman–Crippen LogP) is 3.20. The van der Waals surface area contributed by atoms with Gasteiger partial charge < -0.3 is 10.1 Å². The standard InChI is InChI=1S/C16H29NO3/c1-20-16(19)10-6-3-7-13-17-15(18)12-11-14-8-4-2-5-9-14/h14H,2-13H2,1H3,(H,17,18). The molecule has 116 valence electrons. The Bertz CT molecular complexity index is 285. The molecular weight excluding hydrogens is 254 g/mol. The van der Waals surface area contributed by atoms with Gasteiger partial charge in [-0.15, -0.1) is 0 Å². The number of rotatable bonds is 9. The van der Waals surface area contributed by atoms with Crippen molar-refractivity contribution in [2.24, 2.45) is 5.92 Å².